The van der Waals surface area contributed by atoms with E-state index in [9.17, 15) is 14.7 Å². The number of nitrogens with zero attached hydrogens (tertiary/aromatic N) is 2. The van der Waals surface area contributed by atoms with Crippen molar-refractivity contribution in [2.75, 3.05) is 49.2 Å². The Morgan fingerprint density at radius 2 is 1.85 bits per heavy atom. The number of para-hydroxylation sites is 2. The van der Waals surface area contributed by atoms with Crippen LogP contribution in [0.1, 0.15) is 30.1 Å². The molecule has 7 nitrogen and oxygen atoms in total. The van der Waals surface area contributed by atoms with Crippen molar-refractivity contribution < 1.29 is 19.4 Å². The van der Waals surface area contributed by atoms with Crippen LogP contribution >= 0.6 is 11.6 Å². The van der Waals surface area contributed by atoms with Gasteiger partial charge in [-0.1, -0.05) is 29.8 Å². The van der Waals surface area contributed by atoms with E-state index < -0.39 is 0 Å². The molecule has 0 spiro atoms. The first-order valence-corrected chi connectivity index (χ1v) is 11.6. The van der Waals surface area contributed by atoms with Gasteiger partial charge in [-0.3, -0.25) is 4.79 Å². The lowest BCUT2D eigenvalue weighted by Gasteiger charge is -2.27. The quantitative estimate of drug-likeness (QED) is 0.293. The SMILES string of the molecule is CCOC(=O)/C=C/CNCCCCN1c2cc(Cl)ccc2C(=O)N(CCO)c2ccccc21. The molecule has 0 radical (unpaired) electrons. The molecule has 0 aromatic heterocycles. The highest BCUT2D eigenvalue weighted by molar-refractivity contribution is 6.31. The van der Waals surface area contributed by atoms with E-state index in [0.29, 0.717) is 30.3 Å². The van der Waals surface area contributed by atoms with E-state index >= 15 is 0 Å². The monoisotopic (exact) mass is 471 g/mol. The summed E-state index contributed by atoms with van der Waals surface area (Å²) in [6.07, 6.45) is 4.97. The standard InChI is InChI=1S/C25H30ClN3O4/c1-2-33-24(31)10-7-14-27-13-5-6-15-28-21-8-3-4-9-22(21)29(16-17-30)25(32)20-12-11-19(26)18-23(20)28/h3-4,7-12,18,27,30H,2,5-6,13-17H2,1H3/b10-7+. The summed E-state index contributed by atoms with van der Waals surface area (Å²) in [5.74, 6) is -0.484. The summed E-state index contributed by atoms with van der Waals surface area (Å²) >= 11 is 6.30. The van der Waals surface area contributed by atoms with E-state index in [2.05, 4.69) is 10.2 Å². The Morgan fingerprint density at radius 1 is 1.09 bits per heavy atom. The van der Waals surface area contributed by atoms with E-state index in [1.54, 1.807) is 30.0 Å². The van der Waals surface area contributed by atoms with Crippen molar-refractivity contribution in [1.29, 1.82) is 0 Å². The van der Waals surface area contributed by atoms with Crippen molar-refractivity contribution in [3.8, 4) is 0 Å². The molecule has 1 heterocycles. The van der Waals surface area contributed by atoms with E-state index in [4.69, 9.17) is 16.3 Å². The Hall–Kier alpha value is -2.87. The number of hydrogen-bond donors (Lipinski definition) is 2. The number of esters is 1. The molecule has 2 aromatic carbocycles. The molecular weight excluding hydrogens is 442 g/mol. The highest BCUT2D eigenvalue weighted by Crippen LogP contribution is 2.41. The highest BCUT2D eigenvalue weighted by Gasteiger charge is 2.30. The lowest BCUT2D eigenvalue weighted by molar-refractivity contribution is -0.137. The van der Waals surface area contributed by atoms with Crippen molar-refractivity contribution in [3.05, 3.63) is 65.2 Å². The number of rotatable bonds is 11. The van der Waals surface area contributed by atoms with Crippen molar-refractivity contribution in [2.45, 2.75) is 19.8 Å². The molecule has 0 saturated heterocycles. The third kappa shape index (κ3) is 6.35. The maximum absolute atomic E-state index is 13.3. The van der Waals surface area contributed by atoms with E-state index in [1.165, 1.54) is 6.08 Å². The second-order valence-corrected chi connectivity index (χ2v) is 7.98. The molecule has 1 amide bonds. The third-order valence-corrected chi connectivity index (χ3v) is 5.54. The molecule has 3 rings (SSSR count). The molecule has 2 N–H and O–H groups in total. The number of nitrogens with one attached hydrogen (secondary N) is 1. The number of aliphatic hydroxyl groups is 1. The van der Waals surface area contributed by atoms with Crippen LogP contribution in [0.25, 0.3) is 0 Å². The number of hydrogen-bond acceptors (Lipinski definition) is 6. The number of benzene rings is 2. The second-order valence-electron chi connectivity index (χ2n) is 7.55. The molecular formula is C25H30ClN3O4. The van der Waals surface area contributed by atoms with Crippen LogP contribution in [0.2, 0.25) is 5.02 Å². The van der Waals surface area contributed by atoms with Crippen molar-refractivity contribution in [1.82, 2.24) is 5.32 Å². The lowest BCUT2D eigenvalue weighted by atomic mass is 10.1. The van der Waals surface area contributed by atoms with Gasteiger partial charge >= 0.3 is 5.97 Å². The summed E-state index contributed by atoms with van der Waals surface area (Å²) < 4.78 is 4.85. The van der Waals surface area contributed by atoms with E-state index in [0.717, 1.165) is 36.4 Å². The van der Waals surface area contributed by atoms with Crippen molar-refractivity contribution in [2.24, 2.45) is 0 Å². The summed E-state index contributed by atoms with van der Waals surface area (Å²) in [4.78, 5) is 28.4. The average Bonchev–Trinajstić information content (AvgIpc) is 2.90. The first kappa shape index (κ1) is 24.8. The molecule has 1 aliphatic rings. The molecule has 33 heavy (non-hydrogen) atoms. The Bertz CT molecular complexity index is 995. The number of halogens is 1. The van der Waals surface area contributed by atoms with Gasteiger partial charge in [-0.15, -0.1) is 0 Å². The summed E-state index contributed by atoms with van der Waals surface area (Å²) in [6.45, 7) is 4.32. The predicted octanol–water partition coefficient (Wildman–Crippen LogP) is 3.92. The number of fused-ring (bicyclic) bond motifs is 2. The Kier molecular flexibility index (Phi) is 9.30. The minimum absolute atomic E-state index is 0.126. The molecule has 0 saturated carbocycles. The van der Waals surface area contributed by atoms with E-state index in [-0.39, 0.29) is 25.0 Å². The summed E-state index contributed by atoms with van der Waals surface area (Å²) in [6, 6.07) is 13.0. The van der Waals surface area contributed by atoms with Gasteiger partial charge in [0.2, 0.25) is 0 Å². The number of ether oxygens (including phenoxy) is 1. The van der Waals surface area contributed by atoms with Gasteiger partial charge in [-0.2, -0.15) is 0 Å². The largest absolute Gasteiger partial charge is 0.463 e. The van der Waals surface area contributed by atoms with Crippen molar-refractivity contribution in [3.63, 3.8) is 0 Å². The fourth-order valence-corrected chi connectivity index (χ4v) is 3.99. The molecule has 8 heteroatoms. The summed E-state index contributed by atoms with van der Waals surface area (Å²) in [5, 5.41) is 13.4. The number of β-amino-alcohol motifs (C(OH)–C–C–N with tert-alkyl or cyclic N) is 1. The molecule has 0 bridgehead atoms. The van der Waals surface area contributed by atoms with Crippen LogP contribution < -0.4 is 15.1 Å². The van der Waals surface area contributed by atoms with Gasteiger partial charge in [0, 0.05) is 30.7 Å². The predicted molar refractivity (Wildman–Crippen MR) is 132 cm³/mol. The van der Waals surface area contributed by atoms with Gasteiger partial charge in [0.05, 0.1) is 35.8 Å². The zero-order valence-electron chi connectivity index (χ0n) is 18.8. The molecule has 0 fully saturated rings. The maximum Gasteiger partial charge on any atom is 0.330 e. The second kappa shape index (κ2) is 12.4. The van der Waals surface area contributed by atoms with Gasteiger partial charge in [-0.25, -0.2) is 4.79 Å². The number of amides is 1. The highest BCUT2D eigenvalue weighted by atomic mass is 35.5. The first-order chi connectivity index (χ1) is 16.1. The zero-order chi connectivity index (χ0) is 23.6. The van der Waals surface area contributed by atoms with Crippen LogP contribution in [-0.4, -0.2) is 56.4 Å². The van der Waals surface area contributed by atoms with Crippen LogP contribution in [0.15, 0.2) is 54.6 Å². The molecule has 1 aliphatic heterocycles. The molecule has 0 unspecified atom stereocenters. The minimum atomic E-state index is -0.332. The number of anilines is 3. The molecule has 2 aromatic rings. The number of carbonyl (C=O) groups is 2. The molecule has 176 valence electrons. The Labute approximate surface area is 199 Å². The fourth-order valence-electron chi connectivity index (χ4n) is 3.83. The van der Waals surface area contributed by atoms with Gasteiger partial charge in [0.25, 0.3) is 5.91 Å². The third-order valence-electron chi connectivity index (χ3n) is 5.30. The first-order valence-electron chi connectivity index (χ1n) is 11.2. The summed E-state index contributed by atoms with van der Waals surface area (Å²) in [5.41, 5.74) is 3.01. The van der Waals surface area contributed by atoms with E-state index in [1.807, 2.05) is 30.3 Å². The topological polar surface area (TPSA) is 82.1 Å². The van der Waals surface area contributed by atoms with Crippen LogP contribution in [-0.2, 0) is 9.53 Å². The number of unbranched alkanes of at least 4 members (excludes halogenated alkanes) is 1. The minimum Gasteiger partial charge on any atom is -0.463 e. The van der Waals surface area contributed by atoms with Crippen LogP contribution in [0, 0.1) is 0 Å². The molecule has 0 atom stereocenters. The smallest absolute Gasteiger partial charge is 0.330 e. The normalized spacial score (nSPS) is 13.1. The number of aliphatic hydroxyl groups excluding tert-OH is 1. The van der Waals surface area contributed by atoms with Crippen LogP contribution in [0.5, 0.6) is 0 Å². The Morgan fingerprint density at radius 3 is 2.58 bits per heavy atom. The van der Waals surface area contributed by atoms with Crippen molar-refractivity contribution >= 4 is 40.5 Å². The average molecular weight is 472 g/mol. The maximum atomic E-state index is 13.3. The summed E-state index contributed by atoms with van der Waals surface area (Å²) in [7, 11) is 0. The molecule has 0 aliphatic carbocycles. The van der Waals surface area contributed by atoms with Crippen LogP contribution in [0.3, 0.4) is 0 Å². The zero-order valence-corrected chi connectivity index (χ0v) is 19.6. The van der Waals surface area contributed by atoms with Crippen LogP contribution in [0.4, 0.5) is 17.1 Å². The fraction of sp³-hybridized carbons (Fsp3) is 0.360. The number of carbonyl (C=O) groups excluding carboxylic acids is 2. The Balaban J connectivity index is 1.70. The van der Waals surface area contributed by atoms with Gasteiger partial charge < -0.3 is 25.0 Å². The lowest BCUT2D eigenvalue weighted by Crippen LogP contribution is -2.32. The van der Waals surface area contributed by atoms with Gasteiger partial charge in [0.15, 0.2) is 0 Å². The van der Waals surface area contributed by atoms with Gasteiger partial charge in [-0.05, 0) is 56.6 Å². The van der Waals surface area contributed by atoms with Gasteiger partial charge in [0.1, 0.15) is 0 Å².